The van der Waals surface area contributed by atoms with Gasteiger partial charge in [-0.05, 0) is 12.1 Å². The van der Waals surface area contributed by atoms with Gasteiger partial charge >= 0.3 is 0 Å². The van der Waals surface area contributed by atoms with Crippen LogP contribution in [0.4, 0.5) is 10.8 Å². The molecule has 0 spiro atoms. The number of hydrogen-bond donors (Lipinski definition) is 0. The normalized spacial score (nSPS) is 9.93. The highest BCUT2D eigenvalue weighted by Crippen LogP contribution is 2.26. The lowest BCUT2D eigenvalue weighted by Gasteiger charge is -2.14. The summed E-state index contributed by atoms with van der Waals surface area (Å²) >= 11 is 1.38. The van der Waals surface area contributed by atoms with Gasteiger partial charge in [0.15, 0.2) is 11.4 Å². The molecule has 1 aromatic carbocycles. The SMILES string of the molecule is CN(c1ccccc1)c1ncc(C=O)s1. The summed E-state index contributed by atoms with van der Waals surface area (Å²) in [5, 5.41) is 0.823. The molecule has 15 heavy (non-hydrogen) atoms. The van der Waals surface area contributed by atoms with E-state index in [2.05, 4.69) is 4.98 Å². The molecular formula is C11H10N2OS. The van der Waals surface area contributed by atoms with Gasteiger partial charge < -0.3 is 4.90 Å². The molecule has 0 unspecified atom stereocenters. The summed E-state index contributed by atoms with van der Waals surface area (Å²) in [6.45, 7) is 0. The predicted octanol–water partition coefficient (Wildman–Crippen LogP) is 2.72. The van der Waals surface area contributed by atoms with E-state index >= 15 is 0 Å². The number of rotatable bonds is 3. The number of carbonyl (C=O) groups is 1. The Labute approximate surface area is 92.0 Å². The zero-order valence-electron chi connectivity index (χ0n) is 8.25. The maximum atomic E-state index is 10.5. The van der Waals surface area contributed by atoms with Gasteiger partial charge in [0.1, 0.15) is 0 Å². The number of nitrogens with zero attached hydrogens (tertiary/aromatic N) is 2. The van der Waals surface area contributed by atoms with Crippen LogP contribution in [-0.2, 0) is 0 Å². The minimum Gasteiger partial charge on any atom is -0.321 e. The molecule has 0 amide bonds. The molecule has 0 aliphatic carbocycles. The standard InChI is InChI=1S/C11H10N2OS/c1-13(9-5-3-2-4-6-9)11-12-7-10(8-14)15-11/h2-8H,1H3. The van der Waals surface area contributed by atoms with Crippen LogP contribution in [0.1, 0.15) is 9.67 Å². The second-order valence-electron chi connectivity index (χ2n) is 3.06. The van der Waals surface area contributed by atoms with Gasteiger partial charge in [0.2, 0.25) is 0 Å². The Morgan fingerprint density at radius 2 is 2.07 bits per heavy atom. The first-order valence-corrected chi connectivity index (χ1v) is 5.32. The van der Waals surface area contributed by atoms with E-state index in [-0.39, 0.29) is 0 Å². The number of carbonyl (C=O) groups excluding carboxylic acids is 1. The zero-order chi connectivity index (χ0) is 10.7. The van der Waals surface area contributed by atoms with Crippen LogP contribution in [0.25, 0.3) is 0 Å². The highest BCUT2D eigenvalue weighted by Gasteiger charge is 2.07. The van der Waals surface area contributed by atoms with Crippen molar-refractivity contribution in [2.75, 3.05) is 11.9 Å². The number of para-hydroxylation sites is 1. The van der Waals surface area contributed by atoms with E-state index in [1.54, 1.807) is 6.20 Å². The molecule has 0 radical (unpaired) electrons. The van der Waals surface area contributed by atoms with E-state index in [0.717, 1.165) is 17.1 Å². The molecule has 0 fully saturated rings. The lowest BCUT2D eigenvalue weighted by Crippen LogP contribution is -2.08. The summed E-state index contributed by atoms with van der Waals surface area (Å²) in [6, 6.07) is 9.92. The molecule has 0 bridgehead atoms. The van der Waals surface area contributed by atoms with Crippen LogP contribution in [0.15, 0.2) is 36.5 Å². The van der Waals surface area contributed by atoms with Crippen molar-refractivity contribution in [3.8, 4) is 0 Å². The van der Waals surface area contributed by atoms with Gasteiger partial charge in [-0.1, -0.05) is 29.5 Å². The molecule has 0 aliphatic heterocycles. The molecule has 0 saturated carbocycles. The van der Waals surface area contributed by atoms with E-state index in [0.29, 0.717) is 4.88 Å². The second kappa shape index (κ2) is 4.23. The number of benzene rings is 1. The summed E-state index contributed by atoms with van der Waals surface area (Å²) in [5.74, 6) is 0. The largest absolute Gasteiger partial charge is 0.321 e. The van der Waals surface area contributed by atoms with Crippen molar-refractivity contribution in [2.45, 2.75) is 0 Å². The molecule has 1 aromatic heterocycles. The van der Waals surface area contributed by atoms with Gasteiger partial charge in [0.05, 0.1) is 11.1 Å². The van der Waals surface area contributed by atoms with Crippen LogP contribution in [0.2, 0.25) is 0 Å². The fourth-order valence-electron chi connectivity index (χ4n) is 1.25. The van der Waals surface area contributed by atoms with E-state index < -0.39 is 0 Å². The van der Waals surface area contributed by atoms with E-state index in [1.165, 1.54) is 11.3 Å². The monoisotopic (exact) mass is 218 g/mol. The van der Waals surface area contributed by atoms with E-state index in [9.17, 15) is 4.79 Å². The third-order valence-electron chi connectivity index (χ3n) is 2.06. The molecule has 0 saturated heterocycles. The summed E-state index contributed by atoms with van der Waals surface area (Å²) in [4.78, 5) is 17.3. The van der Waals surface area contributed by atoms with E-state index in [4.69, 9.17) is 0 Å². The highest BCUT2D eigenvalue weighted by molar-refractivity contribution is 7.17. The predicted molar refractivity (Wildman–Crippen MR) is 62.0 cm³/mol. The van der Waals surface area contributed by atoms with Gasteiger partial charge in [-0.3, -0.25) is 4.79 Å². The molecule has 0 aliphatic rings. The van der Waals surface area contributed by atoms with Gasteiger partial charge in [-0.25, -0.2) is 4.98 Å². The van der Waals surface area contributed by atoms with E-state index in [1.807, 2.05) is 42.3 Å². The van der Waals surface area contributed by atoms with Crippen molar-refractivity contribution < 1.29 is 4.79 Å². The molecule has 3 nitrogen and oxygen atoms in total. The van der Waals surface area contributed by atoms with Crippen LogP contribution in [0.5, 0.6) is 0 Å². The minimum atomic E-state index is 0.646. The first kappa shape index (κ1) is 9.86. The number of thiazole rings is 1. The quantitative estimate of drug-likeness (QED) is 0.743. The Morgan fingerprint density at radius 1 is 1.33 bits per heavy atom. The van der Waals surface area contributed by atoms with Crippen LogP contribution in [0, 0.1) is 0 Å². The van der Waals surface area contributed by atoms with Crippen LogP contribution in [0.3, 0.4) is 0 Å². The third-order valence-corrected chi connectivity index (χ3v) is 3.06. The summed E-state index contributed by atoms with van der Waals surface area (Å²) in [5.41, 5.74) is 1.06. The number of anilines is 2. The molecule has 76 valence electrons. The molecule has 2 aromatic rings. The molecule has 0 atom stereocenters. The fraction of sp³-hybridized carbons (Fsp3) is 0.0909. The molecule has 0 N–H and O–H groups in total. The maximum Gasteiger partial charge on any atom is 0.190 e. The van der Waals surface area contributed by atoms with Crippen molar-refractivity contribution in [3.05, 3.63) is 41.4 Å². The van der Waals surface area contributed by atoms with Crippen LogP contribution >= 0.6 is 11.3 Å². The van der Waals surface area contributed by atoms with Gasteiger partial charge in [-0.2, -0.15) is 0 Å². The Morgan fingerprint density at radius 3 is 2.67 bits per heavy atom. The Bertz CT molecular complexity index is 453. The average molecular weight is 218 g/mol. The lowest BCUT2D eigenvalue weighted by atomic mass is 10.3. The first-order valence-electron chi connectivity index (χ1n) is 4.51. The van der Waals surface area contributed by atoms with Crippen molar-refractivity contribution >= 4 is 28.4 Å². The van der Waals surface area contributed by atoms with Crippen molar-refractivity contribution in [3.63, 3.8) is 0 Å². The van der Waals surface area contributed by atoms with Crippen molar-refractivity contribution in [1.29, 1.82) is 0 Å². The average Bonchev–Trinajstić information content (AvgIpc) is 2.78. The zero-order valence-corrected chi connectivity index (χ0v) is 9.07. The van der Waals surface area contributed by atoms with Crippen LogP contribution < -0.4 is 4.90 Å². The smallest absolute Gasteiger partial charge is 0.190 e. The fourth-order valence-corrected chi connectivity index (χ4v) is 1.96. The van der Waals surface area contributed by atoms with Gasteiger partial charge in [-0.15, -0.1) is 0 Å². The number of hydrogen-bond acceptors (Lipinski definition) is 4. The summed E-state index contributed by atoms with van der Waals surface area (Å²) in [7, 11) is 1.93. The molecule has 4 heteroatoms. The first-order chi connectivity index (χ1) is 7.31. The Kier molecular flexibility index (Phi) is 2.78. The van der Waals surface area contributed by atoms with Gasteiger partial charge in [0.25, 0.3) is 0 Å². The lowest BCUT2D eigenvalue weighted by molar-refractivity contribution is 0.112. The molecule has 2 rings (SSSR count). The summed E-state index contributed by atoms with van der Waals surface area (Å²) in [6.07, 6.45) is 2.41. The molecule has 1 heterocycles. The second-order valence-corrected chi connectivity index (χ2v) is 4.10. The summed E-state index contributed by atoms with van der Waals surface area (Å²) < 4.78 is 0. The highest BCUT2D eigenvalue weighted by atomic mass is 32.1. The minimum absolute atomic E-state index is 0.646. The third kappa shape index (κ3) is 2.05. The Hall–Kier alpha value is -1.68. The van der Waals surface area contributed by atoms with Crippen molar-refractivity contribution in [2.24, 2.45) is 0 Å². The van der Waals surface area contributed by atoms with Crippen LogP contribution in [-0.4, -0.2) is 18.3 Å². The number of aldehydes is 1. The van der Waals surface area contributed by atoms with Gasteiger partial charge in [0, 0.05) is 12.7 Å². The number of aromatic nitrogens is 1. The van der Waals surface area contributed by atoms with Crippen molar-refractivity contribution in [1.82, 2.24) is 4.98 Å². The Balaban J connectivity index is 2.28. The molecular weight excluding hydrogens is 208 g/mol. The maximum absolute atomic E-state index is 10.5. The topological polar surface area (TPSA) is 33.2 Å².